The molecular formula is C19H20BrNO4S. The van der Waals surface area contributed by atoms with Crippen LogP contribution in [0, 0.1) is 0 Å². The van der Waals surface area contributed by atoms with Crippen LogP contribution in [0.5, 0.6) is 5.75 Å². The molecule has 0 bridgehead atoms. The largest absolute Gasteiger partial charge is 0.497 e. The summed E-state index contributed by atoms with van der Waals surface area (Å²) in [5, 5.41) is 0. The van der Waals surface area contributed by atoms with Gasteiger partial charge in [0.15, 0.2) is 9.84 Å². The minimum absolute atomic E-state index is 0.00710. The van der Waals surface area contributed by atoms with Crippen molar-refractivity contribution in [3.8, 4) is 5.75 Å². The molecule has 0 spiro atoms. The van der Waals surface area contributed by atoms with Gasteiger partial charge in [0.1, 0.15) is 5.75 Å². The van der Waals surface area contributed by atoms with E-state index in [1.807, 2.05) is 36.4 Å². The van der Waals surface area contributed by atoms with Gasteiger partial charge in [-0.25, -0.2) is 8.42 Å². The Balaban J connectivity index is 1.94. The predicted molar refractivity (Wildman–Crippen MR) is 104 cm³/mol. The number of ether oxygens (including phenoxy) is 1. The van der Waals surface area contributed by atoms with E-state index in [4.69, 9.17) is 4.74 Å². The average Bonchev–Trinajstić information content (AvgIpc) is 2.99. The molecule has 26 heavy (non-hydrogen) atoms. The maximum absolute atomic E-state index is 13.2. The Morgan fingerprint density at radius 3 is 2.65 bits per heavy atom. The summed E-state index contributed by atoms with van der Waals surface area (Å²) in [6.07, 6.45) is 0.461. The monoisotopic (exact) mass is 437 g/mol. The van der Waals surface area contributed by atoms with Crippen molar-refractivity contribution in [3.63, 3.8) is 0 Å². The standard InChI is InChI=1S/C19H20BrNO4S/c1-25-16-6-4-5-14(11-16)12-21(15-9-10-26(23,24)13-15)19(22)17-7-2-3-8-18(17)20/h2-8,11,15H,9-10,12-13H2,1H3/t15-/m1/s1. The number of carbonyl (C=O) groups is 1. The molecule has 0 saturated carbocycles. The van der Waals surface area contributed by atoms with Gasteiger partial charge in [-0.2, -0.15) is 0 Å². The Labute approximate surface area is 162 Å². The van der Waals surface area contributed by atoms with Gasteiger partial charge in [0.25, 0.3) is 5.91 Å². The van der Waals surface area contributed by atoms with Crippen molar-refractivity contribution in [2.24, 2.45) is 0 Å². The molecule has 1 aliphatic rings. The van der Waals surface area contributed by atoms with Gasteiger partial charge in [0, 0.05) is 17.1 Å². The van der Waals surface area contributed by atoms with Crippen molar-refractivity contribution in [2.45, 2.75) is 19.0 Å². The fourth-order valence-corrected chi connectivity index (χ4v) is 5.33. The molecule has 0 unspecified atom stereocenters. The minimum Gasteiger partial charge on any atom is -0.497 e. The Morgan fingerprint density at radius 1 is 1.23 bits per heavy atom. The molecule has 1 saturated heterocycles. The highest BCUT2D eigenvalue weighted by Crippen LogP contribution is 2.26. The average molecular weight is 438 g/mol. The van der Waals surface area contributed by atoms with Gasteiger partial charge in [0.05, 0.1) is 24.2 Å². The summed E-state index contributed by atoms with van der Waals surface area (Å²) in [5.74, 6) is 0.653. The normalized spacial score (nSPS) is 18.5. The van der Waals surface area contributed by atoms with E-state index in [2.05, 4.69) is 15.9 Å². The van der Waals surface area contributed by atoms with E-state index >= 15 is 0 Å². The van der Waals surface area contributed by atoms with Crippen LogP contribution >= 0.6 is 15.9 Å². The lowest BCUT2D eigenvalue weighted by molar-refractivity contribution is 0.0680. The van der Waals surface area contributed by atoms with Crippen molar-refractivity contribution in [2.75, 3.05) is 18.6 Å². The molecule has 1 aliphatic heterocycles. The van der Waals surface area contributed by atoms with Gasteiger partial charge < -0.3 is 9.64 Å². The highest BCUT2D eigenvalue weighted by Gasteiger charge is 2.35. The first-order chi connectivity index (χ1) is 12.4. The van der Waals surface area contributed by atoms with E-state index in [0.29, 0.717) is 28.8 Å². The van der Waals surface area contributed by atoms with Gasteiger partial charge in [-0.3, -0.25) is 4.79 Å². The number of hydrogen-bond donors (Lipinski definition) is 0. The molecule has 138 valence electrons. The third-order valence-corrected chi connectivity index (χ3v) is 6.94. The van der Waals surface area contributed by atoms with E-state index in [1.165, 1.54) is 0 Å². The highest BCUT2D eigenvalue weighted by atomic mass is 79.9. The maximum Gasteiger partial charge on any atom is 0.255 e. The summed E-state index contributed by atoms with van der Waals surface area (Å²) in [5.41, 5.74) is 1.42. The Hall–Kier alpha value is -1.86. The number of benzene rings is 2. The number of halogens is 1. The summed E-state index contributed by atoms with van der Waals surface area (Å²) in [7, 11) is -1.51. The smallest absolute Gasteiger partial charge is 0.255 e. The molecule has 1 heterocycles. The first-order valence-corrected chi connectivity index (χ1v) is 10.9. The number of carbonyl (C=O) groups excluding carboxylic acids is 1. The molecule has 7 heteroatoms. The van der Waals surface area contributed by atoms with Crippen molar-refractivity contribution in [3.05, 3.63) is 64.1 Å². The fraction of sp³-hybridized carbons (Fsp3) is 0.316. The first-order valence-electron chi connectivity index (χ1n) is 8.28. The van der Waals surface area contributed by atoms with Crippen LogP contribution in [0.25, 0.3) is 0 Å². The third kappa shape index (κ3) is 4.27. The second-order valence-corrected chi connectivity index (χ2v) is 9.40. The summed E-state index contributed by atoms with van der Waals surface area (Å²) < 4.78 is 29.9. The Bertz CT molecular complexity index is 913. The van der Waals surface area contributed by atoms with Gasteiger partial charge in [-0.15, -0.1) is 0 Å². The van der Waals surface area contributed by atoms with Crippen molar-refractivity contribution in [1.82, 2.24) is 4.90 Å². The molecular weight excluding hydrogens is 418 g/mol. The van der Waals surface area contributed by atoms with Crippen LogP contribution in [0.2, 0.25) is 0 Å². The molecule has 3 rings (SSSR count). The second-order valence-electron chi connectivity index (χ2n) is 6.32. The summed E-state index contributed by atoms with van der Waals surface area (Å²) >= 11 is 3.42. The van der Waals surface area contributed by atoms with Crippen molar-refractivity contribution in [1.29, 1.82) is 0 Å². The third-order valence-electron chi connectivity index (χ3n) is 4.50. The van der Waals surface area contributed by atoms with Crippen LogP contribution in [0.1, 0.15) is 22.3 Å². The zero-order chi connectivity index (χ0) is 18.7. The number of sulfone groups is 1. The van der Waals surface area contributed by atoms with Gasteiger partial charge in [-0.1, -0.05) is 24.3 Å². The van der Waals surface area contributed by atoms with Crippen LogP contribution in [-0.4, -0.2) is 43.9 Å². The summed E-state index contributed by atoms with van der Waals surface area (Å²) in [6.45, 7) is 0.331. The maximum atomic E-state index is 13.2. The van der Waals surface area contributed by atoms with Gasteiger partial charge in [0.2, 0.25) is 0 Å². The molecule has 1 amide bonds. The van der Waals surface area contributed by atoms with E-state index in [1.54, 1.807) is 24.1 Å². The van der Waals surface area contributed by atoms with E-state index in [-0.39, 0.29) is 23.5 Å². The number of rotatable bonds is 5. The molecule has 0 aromatic heterocycles. The molecule has 2 aromatic rings. The molecule has 2 aromatic carbocycles. The lowest BCUT2D eigenvalue weighted by atomic mass is 10.1. The lowest BCUT2D eigenvalue weighted by Crippen LogP contribution is -2.40. The van der Waals surface area contributed by atoms with E-state index < -0.39 is 9.84 Å². The van der Waals surface area contributed by atoms with Crippen molar-refractivity contribution < 1.29 is 17.9 Å². The highest BCUT2D eigenvalue weighted by molar-refractivity contribution is 9.10. The van der Waals surface area contributed by atoms with Crippen molar-refractivity contribution >= 4 is 31.7 Å². The minimum atomic E-state index is -3.10. The zero-order valence-electron chi connectivity index (χ0n) is 14.4. The molecule has 1 atom stereocenters. The quantitative estimate of drug-likeness (QED) is 0.719. The van der Waals surface area contributed by atoms with Gasteiger partial charge in [-0.05, 0) is 52.2 Å². The van der Waals surface area contributed by atoms with E-state index in [9.17, 15) is 13.2 Å². The lowest BCUT2D eigenvalue weighted by Gasteiger charge is -2.29. The Kier molecular flexibility index (Phi) is 5.67. The van der Waals surface area contributed by atoms with Crippen LogP contribution in [0.15, 0.2) is 53.0 Å². The summed E-state index contributed by atoms with van der Waals surface area (Å²) in [4.78, 5) is 14.9. The number of amides is 1. The number of hydrogen-bond acceptors (Lipinski definition) is 4. The topological polar surface area (TPSA) is 63.7 Å². The van der Waals surface area contributed by atoms with Crippen LogP contribution < -0.4 is 4.74 Å². The number of nitrogens with zero attached hydrogens (tertiary/aromatic N) is 1. The molecule has 0 radical (unpaired) electrons. The zero-order valence-corrected chi connectivity index (χ0v) is 16.8. The molecule has 0 N–H and O–H groups in total. The Morgan fingerprint density at radius 2 is 2.00 bits per heavy atom. The fourth-order valence-electron chi connectivity index (χ4n) is 3.14. The van der Waals surface area contributed by atoms with Crippen LogP contribution in [-0.2, 0) is 16.4 Å². The number of methoxy groups -OCH3 is 1. The molecule has 1 fully saturated rings. The van der Waals surface area contributed by atoms with Crippen LogP contribution in [0.4, 0.5) is 0 Å². The van der Waals surface area contributed by atoms with E-state index in [0.717, 1.165) is 5.56 Å². The predicted octanol–water partition coefficient (Wildman–Crippen LogP) is 3.29. The first kappa shape index (κ1) is 18.9. The summed E-state index contributed by atoms with van der Waals surface area (Å²) in [6, 6.07) is 14.3. The molecule has 0 aliphatic carbocycles. The SMILES string of the molecule is COc1cccc(CN(C(=O)c2ccccc2Br)[C@@H]2CCS(=O)(=O)C2)c1. The molecule has 5 nitrogen and oxygen atoms in total. The van der Waals surface area contributed by atoms with Gasteiger partial charge >= 0.3 is 0 Å². The van der Waals surface area contributed by atoms with Crippen LogP contribution in [0.3, 0.4) is 0 Å². The second kappa shape index (κ2) is 7.80.